The fourth-order valence-electron chi connectivity index (χ4n) is 0.880. The van der Waals surface area contributed by atoms with Crippen molar-refractivity contribution in [3.8, 4) is 0 Å². The molecule has 4 nitrogen and oxygen atoms in total. The Labute approximate surface area is 58.4 Å². The van der Waals surface area contributed by atoms with Gasteiger partial charge in [0.05, 0.1) is 0 Å². The minimum atomic E-state index is -1.29. The Hall–Kier alpha value is -0.420. The van der Waals surface area contributed by atoms with Gasteiger partial charge in [0, 0.05) is 0 Å². The summed E-state index contributed by atoms with van der Waals surface area (Å²) in [6.45, 7) is 3.35. The lowest BCUT2D eigenvalue weighted by Gasteiger charge is -2.08. The van der Waals surface area contributed by atoms with Crippen molar-refractivity contribution in [1.82, 2.24) is 0 Å². The van der Waals surface area contributed by atoms with Crippen molar-refractivity contribution >= 4 is 0 Å². The lowest BCUT2D eigenvalue weighted by molar-refractivity contribution is -0.120. The lowest BCUT2D eigenvalue weighted by atomic mass is 10.1. The van der Waals surface area contributed by atoms with E-state index in [0.29, 0.717) is 0 Å². The molecule has 10 heavy (non-hydrogen) atoms. The van der Waals surface area contributed by atoms with Crippen molar-refractivity contribution in [2.45, 2.75) is 24.6 Å². The van der Waals surface area contributed by atoms with Gasteiger partial charge in [0.1, 0.15) is 18.3 Å². The van der Waals surface area contributed by atoms with E-state index in [-0.39, 0.29) is 0 Å². The molecule has 0 amide bonds. The van der Waals surface area contributed by atoms with E-state index in [4.69, 9.17) is 15.3 Å². The molecule has 1 heterocycles. The van der Waals surface area contributed by atoms with Gasteiger partial charge in [-0.3, -0.25) is 0 Å². The average molecular weight is 146 g/mol. The molecule has 0 saturated carbocycles. The minimum absolute atomic E-state index is 0.662. The van der Waals surface area contributed by atoms with Crippen molar-refractivity contribution in [2.75, 3.05) is 0 Å². The molecular formula is C6H10O4. The second kappa shape index (κ2) is 2.67. The van der Waals surface area contributed by atoms with Crippen molar-refractivity contribution in [1.29, 1.82) is 0 Å². The fraction of sp³-hybridized carbons (Fsp3) is 0.667. The van der Waals surface area contributed by atoms with Gasteiger partial charge in [0.2, 0.25) is 0 Å². The molecule has 0 bridgehead atoms. The molecule has 0 aliphatic carbocycles. The van der Waals surface area contributed by atoms with E-state index < -0.39 is 24.6 Å². The topological polar surface area (TPSA) is 69.9 Å². The van der Waals surface area contributed by atoms with Gasteiger partial charge in [-0.2, -0.15) is 0 Å². The summed E-state index contributed by atoms with van der Waals surface area (Å²) in [5.41, 5.74) is 0. The third kappa shape index (κ3) is 1.06. The zero-order chi connectivity index (χ0) is 7.72. The molecule has 1 aliphatic rings. The first-order valence-electron chi connectivity index (χ1n) is 2.99. The molecule has 4 atom stereocenters. The summed E-state index contributed by atoms with van der Waals surface area (Å²) in [6, 6.07) is 0. The molecule has 0 spiro atoms. The van der Waals surface area contributed by atoms with Crippen LogP contribution in [0, 0.1) is 0 Å². The molecule has 0 aromatic heterocycles. The van der Waals surface area contributed by atoms with Gasteiger partial charge in [-0.05, 0) is 0 Å². The quantitative estimate of drug-likeness (QED) is 0.398. The molecule has 1 aliphatic heterocycles. The monoisotopic (exact) mass is 146 g/mol. The van der Waals surface area contributed by atoms with Crippen LogP contribution in [0.3, 0.4) is 0 Å². The summed E-state index contributed by atoms with van der Waals surface area (Å²) in [5, 5.41) is 26.7. The van der Waals surface area contributed by atoms with Crippen molar-refractivity contribution in [3.05, 3.63) is 12.7 Å². The molecular weight excluding hydrogens is 136 g/mol. The molecule has 0 aromatic carbocycles. The Morgan fingerprint density at radius 1 is 1.20 bits per heavy atom. The number of hydrogen-bond donors (Lipinski definition) is 3. The molecule has 1 fully saturated rings. The minimum Gasteiger partial charge on any atom is -0.387 e. The van der Waals surface area contributed by atoms with E-state index in [1.54, 1.807) is 0 Å². The van der Waals surface area contributed by atoms with E-state index >= 15 is 0 Å². The van der Waals surface area contributed by atoms with Crippen LogP contribution in [-0.4, -0.2) is 39.9 Å². The van der Waals surface area contributed by atoms with E-state index in [1.165, 1.54) is 6.08 Å². The van der Waals surface area contributed by atoms with Gasteiger partial charge >= 0.3 is 0 Å². The second-order valence-corrected chi connectivity index (χ2v) is 2.21. The zero-order valence-corrected chi connectivity index (χ0v) is 5.34. The summed E-state index contributed by atoms with van der Waals surface area (Å²) >= 11 is 0. The first kappa shape index (κ1) is 7.68. The van der Waals surface area contributed by atoms with Gasteiger partial charge < -0.3 is 20.1 Å². The Balaban J connectivity index is 2.61. The van der Waals surface area contributed by atoms with Crippen molar-refractivity contribution in [2.24, 2.45) is 0 Å². The van der Waals surface area contributed by atoms with Crippen LogP contribution in [0.5, 0.6) is 0 Å². The molecule has 4 heteroatoms. The Morgan fingerprint density at radius 3 is 2.00 bits per heavy atom. The Kier molecular flexibility index (Phi) is 2.05. The Morgan fingerprint density at radius 2 is 1.80 bits per heavy atom. The largest absolute Gasteiger partial charge is 0.387 e. The summed E-state index contributed by atoms with van der Waals surface area (Å²) in [4.78, 5) is 0. The predicted molar refractivity (Wildman–Crippen MR) is 33.1 cm³/mol. The predicted octanol–water partition coefficient (Wildman–Crippen LogP) is -1.39. The van der Waals surface area contributed by atoms with Crippen LogP contribution in [0.25, 0.3) is 0 Å². The standard InChI is InChI=1S/C6H10O4/c1-2-3-4(7)5(8)6(9)10-3/h2-9H,1H2/t3-,4+,5+,6+/m1/s1. The normalized spacial score (nSPS) is 47.5. The van der Waals surface area contributed by atoms with Gasteiger partial charge in [-0.15, -0.1) is 6.58 Å². The molecule has 0 unspecified atom stereocenters. The molecule has 1 rings (SSSR count). The number of ether oxygens (including phenoxy) is 1. The number of aliphatic hydroxyl groups excluding tert-OH is 3. The van der Waals surface area contributed by atoms with Crippen LogP contribution in [0.4, 0.5) is 0 Å². The molecule has 3 N–H and O–H groups in total. The van der Waals surface area contributed by atoms with Crippen molar-refractivity contribution in [3.63, 3.8) is 0 Å². The summed E-state index contributed by atoms with van der Waals surface area (Å²) in [5.74, 6) is 0. The highest BCUT2D eigenvalue weighted by Gasteiger charge is 2.39. The van der Waals surface area contributed by atoms with Gasteiger partial charge in [-0.1, -0.05) is 6.08 Å². The summed E-state index contributed by atoms with van der Waals surface area (Å²) in [6.07, 6.45) is -2.90. The van der Waals surface area contributed by atoms with Gasteiger partial charge in [0.25, 0.3) is 0 Å². The third-order valence-electron chi connectivity index (χ3n) is 1.51. The smallest absolute Gasteiger partial charge is 0.184 e. The van der Waals surface area contributed by atoms with Crippen LogP contribution >= 0.6 is 0 Å². The maximum atomic E-state index is 9.02. The maximum Gasteiger partial charge on any atom is 0.184 e. The third-order valence-corrected chi connectivity index (χ3v) is 1.51. The van der Waals surface area contributed by atoms with E-state index in [1.807, 2.05) is 0 Å². The summed E-state index contributed by atoms with van der Waals surface area (Å²) in [7, 11) is 0. The molecule has 0 aromatic rings. The van der Waals surface area contributed by atoms with E-state index in [2.05, 4.69) is 11.3 Å². The Bertz CT molecular complexity index is 136. The first-order chi connectivity index (χ1) is 4.66. The second-order valence-electron chi connectivity index (χ2n) is 2.21. The highest BCUT2D eigenvalue weighted by atomic mass is 16.6. The van der Waals surface area contributed by atoms with Crippen LogP contribution in [-0.2, 0) is 4.74 Å². The van der Waals surface area contributed by atoms with Crippen LogP contribution < -0.4 is 0 Å². The van der Waals surface area contributed by atoms with Gasteiger partial charge in [0.15, 0.2) is 6.29 Å². The maximum absolute atomic E-state index is 9.02. The molecule has 0 radical (unpaired) electrons. The highest BCUT2D eigenvalue weighted by molar-refractivity contribution is 4.95. The van der Waals surface area contributed by atoms with Crippen LogP contribution in [0.2, 0.25) is 0 Å². The number of rotatable bonds is 1. The van der Waals surface area contributed by atoms with Gasteiger partial charge in [-0.25, -0.2) is 0 Å². The SMILES string of the molecule is C=C[C@H]1O[C@H](O)[C@@H](O)[C@H]1O. The zero-order valence-electron chi connectivity index (χ0n) is 5.34. The number of hydrogen-bond acceptors (Lipinski definition) is 4. The lowest BCUT2D eigenvalue weighted by Crippen LogP contribution is -2.31. The van der Waals surface area contributed by atoms with Crippen molar-refractivity contribution < 1.29 is 20.1 Å². The van der Waals surface area contributed by atoms with Crippen LogP contribution in [0.1, 0.15) is 0 Å². The highest BCUT2D eigenvalue weighted by Crippen LogP contribution is 2.19. The summed E-state index contributed by atoms with van der Waals surface area (Å²) < 4.78 is 4.67. The number of aliphatic hydroxyl groups is 3. The first-order valence-corrected chi connectivity index (χ1v) is 2.99. The van der Waals surface area contributed by atoms with E-state index in [9.17, 15) is 0 Å². The van der Waals surface area contributed by atoms with Crippen LogP contribution in [0.15, 0.2) is 12.7 Å². The molecule has 58 valence electrons. The van der Waals surface area contributed by atoms with E-state index in [0.717, 1.165) is 0 Å². The molecule has 1 saturated heterocycles. The average Bonchev–Trinajstić information content (AvgIpc) is 2.17. The fourth-order valence-corrected chi connectivity index (χ4v) is 0.880.